The first kappa shape index (κ1) is 16.2. The quantitative estimate of drug-likeness (QED) is 0.881. The normalized spacial score (nSPS) is 25.6. The highest BCUT2D eigenvalue weighted by molar-refractivity contribution is 5.91. The summed E-state index contributed by atoms with van der Waals surface area (Å²) in [5.74, 6) is 2.90. The number of fused-ring (bicyclic) bond motifs is 2. The smallest absolute Gasteiger partial charge is 0.225 e. The van der Waals surface area contributed by atoms with Crippen molar-refractivity contribution in [3.05, 3.63) is 12.1 Å². The fourth-order valence-electron chi connectivity index (χ4n) is 3.99. The molecule has 134 valence electrons. The van der Waals surface area contributed by atoms with Crippen LogP contribution in [0.5, 0.6) is 11.5 Å². The molecule has 25 heavy (non-hydrogen) atoms. The number of hydrogen-bond acceptors (Lipinski definition) is 7. The Morgan fingerprint density at radius 3 is 2.72 bits per heavy atom. The monoisotopic (exact) mass is 344 g/mol. The largest absolute Gasteiger partial charge is 0.493 e. The fraction of sp³-hybridized carbons (Fsp3) is 0.556. The van der Waals surface area contributed by atoms with Crippen LogP contribution < -0.4 is 20.5 Å². The Balaban J connectivity index is 1.59. The Morgan fingerprint density at radius 2 is 1.92 bits per heavy atom. The lowest BCUT2D eigenvalue weighted by atomic mass is 9.83. The van der Waals surface area contributed by atoms with Crippen molar-refractivity contribution in [2.75, 3.05) is 31.9 Å². The van der Waals surface area contributed by atoms with E-state index in [1.54, 1.807) is 14.2 Å². The number of nitrogens with one attached hydrogen (secondary N) is 1. The molecule has 1 aromatic heterocycles. The van der Waals surface area contributed by atoms with Crippen molar-refractivity contribution < 1.29 is 14.2 Å². The van der Waals surface area contributed by atoms with E-state index in [0.717, 1.165) is 43.2 Å². The predicted octanol–water partition coefficient (Wildman–Crippen LogP) is 2.60. The van der Waals surface area contributed by atoms with Gasteiger partial charge in [-0.15, -0.1) is 0 Å². The van der Waals surface area contributed by atoms with Gasteiger partial charge in [0, 0.05) is 24.1 Å². The lowest BCUT2D eigenvalue weighted by molar-refractivity contribution is 0.0633. The first-order valence-electron chi connectivity index (χ1n) is 8.75. The van der Waals surface area contributed by atoms with Gasteiger partial charge in [0.15, 0.2) is 11.5 Å². The van der Waals surface area contributed by atoms with E-state index in [0.29, 0.717) is 41.3 Å². The van der Waals surface area contributed by atoms with Crippen molar-refractivity contribution in [2.45, 2.75) is 37.8 Å². The van der Waals surface area contributed by atoms with Gasteiger partial charge in [-0.3, -0.25) is 0 Å². The molecule has 7 heteroatoms. The lowest BCUT2D eigenvalue weighted by Gasteiger charge is -2.31. The molecule has 0 radical (unpaired) electrons. The topological polar surface area (TPSA) is 91.5 Å². The average molecular weight is 344 g/mol. The summed E-state index contributed by atoms with van der Waals surface area (Å²) < 4.78 is 16.5. The third kappa shape index (κ3) is 3.04. The number of nitrogens with zero attached hydrogens (tertiary/aromatic N) is 2. The molecule has 2 aliphatic rings. The minimum Gasteiger partial charge on any atom is -0.493 e. The van der Waals surface area contributed by atoms with Gasteiger partial charge >= 0.3 is 0 Å². The van der Waals surface area contributed by atoms with Gasteiger partial charge in [0.05, 0.1) is 25.8 Å². The van der Waals surface area contributed by atoms with Gasteiger partial charge in [0.2, 0.25) is 5.95 Å². The Morgan fingerprint density at radius 1 is 1.12 bits per heavy atom. The third-order valence-corrected chi connectivity index (χ3v) is 5.30. The molecule has 3 unspecified atom stereocenters. The number of anilines is 2. The Kier molecular flexibility index (Phi) is 4.25. The van der Waals surface area contributed by atoms with Gasteiger partial charge in [-0.1, -0.05) is 0 Å². The van der Waals surface area contributed by atoms with Gasteiger partial charge < -0.3 is 25.3 Å². The van der Waals surface area contributed by atoms with E-state index in [4.69, 9.17) is 19.9 Å². The molecule has 0 bridgehead atoms. The summed E-state index contributed by atoms with van der Waals surface area (Å²) in [6.45, 7) is 0.892. The highest BCUT2D eigenvalue weighted by atomic mass is 16.5. The highest BCUT2D eigenvalue weighted by Gasteiger charge is 2.35. The molecule has 3 atom stereocenters. The summed E-state index contributed by atoms with van der Waals surface area (Å²) in [5, 5.41) is 4.22. The second kappa shape index (κ2) is 6.55. The van der Waals surface area contributed by atoms with Gasteiger partial charge in [-0.25, -0.2) is 4.98 Å². The molecule has 1 aliphatic heterocycles. The molecular formula is C18H24N4O3. The molecule has 0 spiro atoms. The summed E-state index contributed by atoms with van der Waals surface area (Å²) in [5.41, 5.74) is 6.90. The number of aromatic nitrogens is 2. The van der Waals surface area contributed by atoms with Gasteiger partial charge in [0.25, 0.3) is 0 Å². The standard InChI is InChI=1S/C18H24N4O3/c1-23-15-8-12-13(9-16(15)24-2)21-18(22-17(12)19)20-11-3-4-14-10(7-11)5-6-25-14/h8-11,14H,3-7H2,1-2H3,(H3,19,20,21,22). The van der Waals surface area contributed by atoms with E-state index in [1.807, 2.05) is 12.1 Å². The van der Waals surface area contributed by atoms with Crippen molar-refractivity contribution in [1.82, 2.24) is 9.97 Å². The van der Waals surface area contributed by atoms with Gasteiger partial charge in [0.1, 0.15) is 5.82 Å². The molecule has 4 rings (SSSR count). The SMILES string of the molecule is COc1cc2nc(NC3CCC4OCCC4C3)nc(N)c2cc1OC. The molecule has 1 aromatic carbocycles. The Hall–Kier alpha value is -2.28. The molecule has 1 saturated carbocycles. The van der Waals surface area contributed by atoms with E-state index in [1.165, 1.54) is 0 Å². The van der Waals surface area contributed by atoms with Crippen molar-refractivity contribution in [3.63, 3.8) is 0 Å². The van der Waals surface area contributed by atoms with Crippen LogP contribution in [0.2, 0.25) is 0 Å². The number of benzene rings is 1. The molecule has 2 heterocycles. The number of ether oxygens (including phenoxy) is 3. The van der Waals surface area contributed by atoms with E-state index in [9.17, 15) is 0 Å². The van der Waals surface area contributed by atoms with Crippen molar-refractivity contribution in [2.24, 2.45) is 5.92 Å². The maximum atomic E-state index is 6.16. The maximum Gasteiger partial charge on any atom is 0.225 e. The first-order valence-corrected chi connectivity index (χ1v) is 8.75. The molecule has 3 N–H and O–H groups in total. The molecule has 0 amide bonds. The molecule has 2 fully saturated rings. The van der Waals surface area contributed by atoms with Crippen molar-refractivity contribution >= 4 is 22.7 Å². The van der Waals surface area contributed by atoms with Crippen molar-refractivity contribution in [1.29, 1.82) is 0 Å². The van der Waals surface area contributed by atoms with Crippen LogP contribution in [0, 0.1) is 5.92 Å². The van der Waals surface area contributed by atoms with Crippen LogP contribution in [0.25, 0.3) is 10.9 Å². The first-order chi connectivity index (χ1) is 12.2. The zero-order valence-corrected chi connectivity index (χ0v) is 14.6. The van der Waals surface area contributed by atoms with E-state index in [-0.39, 0.29) is 0 Å². The fourth-order valence-corrected chi connectivity index (χ4v) is 3.99. The number of nitrogen functional groups attached to an aromatic ring is 1. The zero-order chi connectivity index (χ0) is 17.4. The summed E-state index contributed by atoms with van der Waals surface area (Å²) >= 11 is 0. The number of methoxy groups -OCH3 is 2. The number of nitrogens with two attached hydrogens (primary N) is 1. The maximum absolute atomic E-state index is 6.16. The van der Waals surface area contributed by atoms with E-state index >= 15 is 0 Å². The van der Waals surface area contributed by atoms with E-state index < -0.39 is 0 Å². The average Bonchev–Trinajstić information content (AvgIpc) is 3.08. The number of hydrogen-bond donors (Lipinski definition) is 2. The van der Waals surface area contributed by atoms with Crippen LogP contribution in [0.4, 0.5) is 11.8 Å². The summed E-state index contributed by atoms with van der Waals surface area (Å²) in [4.78, 5) is 9.07. The molecule has 1 saturated heterocycles. The molecular weight excluding hydrogens is 320 g/mol. The Labute approximate surface area is 146 Å². The van der Waals surface area contributed by atoms with Gasteiger partial charge in [-0.2, -0.15) is 4.98 Å². The Bertz CT molecular complexity index is 782. The summed E-state index contributed by atoms with van der Waals surface area (Å²) in [6, 6.07) is 4.01. The number of rotatable bonds is 4. The second-order valence-corrected chi connectivity index (χ2v) is 6.77. The highest BCUT2D eigenvalue weighted by Crippen LogP contribution is 2.36. The zero-order valence-electron chi connectivity index (χ0n) is 14.6. The molecule has 7 nitrogen and oxygen atoms in total. The van der Waals surface area contributed by atoms with Crippen LogP contribution in [0.3, 0.4) is 0 Å². The van der Waals surface area contributed by atoms with Crippen LogP contribution in [0.1, 0.15) is 25.7 Å². The second-order valence-electron chi connectivity index (χ2n) is 6.77. The van der Waals surface area contributed by atoms with E-state index in [2.05, 4.69) is 15.3 Å². The minimum atomic E-state index is 0.361. The summed E-state index contributed by atoms with van der Waals surface area (Å²) in [6.07, 6.45) is 4.85. The van der Waals surface area contributed by atoms with Crippen LogP contribution in [-0.2, 0) is 4.74 Å². The lowest BCUT2D eigenvalue weighted by Crippen LogP contribution is -2.34. The molecule has 2 aromatic rings. The molecule has 1 aliphatic carbocycles. The van der Waals surface area contributed by atoms with Gasteiger partial charge in [-0.05, 0) is 37.7 Å². The van der Waals surface area contributed by atoms with Crippen LogP contribution in [0.15, 0.2) is 12.1 Å². The third-order valence-electron chi connectivity index (χ3n) is 5.30. The van der Waals surface area contributed by atoms with Crippen molar-refractivity contribution in [3.8, 4) is 11.5 Å². The predicted molar refractivity (Wildman–Crippen MR) is 96.2 cm³/mol. The van der Waals surface area contributed by atoms with Crippen LogP contribution in [-0.4, -0.2) is 42.9 Å². The van der Waals surface area contributed by atoms with Crippen LogP contribution >= 0.6 is 0 Å². The minimum absolute atomic E-state index is 0.361. The summed E-state index contributed by atoms with van der Waals surface area (Å²) in [7, 11) is 3.20.